The van der Waals surface area contributed by atoms with Gasteiger partial charge in [-0.3, -0.25) is 0 Å². The van der Waals surface area contributed by atoms with E-state index >= 15 is 0 Å². The molecule has 0 aromatic carbocycles. The van der Waals surface area contributed by atoms with Gasteiger partial charge in [-0.2, -0.15) is 0 Å². The van der Waals surface area contributed by atoms with E-state index in [9.17, 15) is 5.11 Å². The monoisotopic (exact) mass is 204 g/mol. The molecule has 0 aromatic heterocycles. The normalized spacial score (nSPS) is 18.2. The number of ether oxygens (including phenoxy) is 1. The maximum atomic E-state index is 9.30. The summed E-state index contributed by atoms with van der Waals surface area (Å²) in [5, 5.41) is 12.6. The van der Waals surface area contributed by atoms with Gasteiger partial charge in [0.1, 0.15) is 0 Å². The summed E-state index contributed by atoms with van der Waals surface area (Å²) in [4.78, 5) is 2.10. The molecule has 2 unspecified atom stereocenters. The van der Waals surface area contributed by atoms with Crippen LogP contribution in [0.1, 0.15) is 13.8 Å². The second-order valence-corrected chi connectivity index (χ2v) is 4.18. The van der Waals surface area contributed by atoms with E-state index < -0.39 is 0 Å². The van der Waals surface area contributed by atoms with Crippen molar-refractivity contribution in [1.82, 2.24) is 10.2 Å². The summed E-state index contributed by atoms with van der Waals surface area (Å²) >= 11 is 0. The van der Waals surface area contributed by atoms with Crippen LogP contribution in [-0.4, -0.2) is 62.6 Å². The Morgan fingerprint density at radius 1 is 1.50 bits per heavy atom. The molecule has 2 atom stereocenters. The maximum absolute atomic E-state index is 9.30. The number of aliphatic hydroxyl groups excluding tert-OH is 1. The Morgan fingerprint density at radius 3 is 2.43 bits per heavy atom. The summed E-state index contributed by atoms with van der Waals surface area (Å²) in [7, 11) is 5.71. The summed E-state index contributed by atoms with van der Waals surface area (Å²) in [5.74, 6) is 0. The summed E-state index contributed by atoms with van der Waals surface area (Å²) in [6.45, 7) is 5.80. The fraction of sp³-hybridized carbons (Fsp3) is 1.00. The first kappa shape index (κ1) is 13.8. The van der Waals surface area contributed by atoms with Crippen molar-refractivity contribution in [2.75, 3.05) is 40.9 Å². The first-order valence-electron chi connectivity index (χ1n) is 4.99. The molecule has 0 aliphatic rings. The van der Waals surface area contributed by atoms with Crippen LogP contribution in [0.5, 0.6) is 0 Å². The molecular formula is C10H24N2O2. The quantitative estimate of drug-likeness (QED) is 0.609. The lowest BCUT2D eigenvalue weighted by atomic mass is 9.97. The molecule has 0 heterocycles. The molecule has 86 valence electrons. The lowest BCUT2D eigenvalue weighted by molar-refractivity contribution is 0.00770. The molecule has 14 heavy (non-hydrogen) atoms. The van der Waals surface area contributed by atoms with Crippen molar-refractivity contribution in [2.45, 2.75) is 25.5 Å². The Balaban J connectivity index is 3.99. The van der Waals surface area contributed by atoms with E-state index in [1.807, 2.05) is 27.9 Å². The van der Waals surface area contributed by atoms with Gasteiger partial charge in [-0.05, 0) is 27.9 Å². The van der Waals surface area contributed by atoms with Gasteiger partial charge in [0.15, 0.2) is 0 Å². The Kier molecular flexibility index (Phi) is 6.27. The predicted octanol–water partition coefficient (Wildman–Crippen LogP) is -0.0765. The van der Waals surface area contributed by atoms with Crippen molar-refractivity contribution < 1.29 is 9.84 Å². The Morgan fingerprint density at radius 2 is 2.07 bits per heavy atom. The van der Waals surface area contributed by atoms with E-state index in [1.54, 1.807) is 7.11 Å². The first-order chi connectivity index (χ1) is 6.46. The minimum absolute atomic E-state index is 0.00494. The predicted molar refractivity (Wildman–Crippen MR) is 58.5 cm³/mol. The van der Waals surface area contributed by atoms with E-state index in [-0.39, 0.29) is 18.2 Å². The van der Waals surface area contributed by atoms with Gasteiger partial charge < -0.3 is 20.1 Å². The molecule has 2 N–H and O–H groups in total. The van der Waals surface area contributed by atoms with Crippen LogP contribution < -0.4 is 5.32 Å². The number of hydrogen-bond acceptors (Lipinski definition) is 4. The number of aliphatic hydroxyl groups is 1. The molecule has 0 spiro atoms. The van der Waals surface area contributed by atoms with Crippen LogP contribution in [0.15, 0.2) is 0 Å². The molecule has 0 aliphatic carbocycles. The van der Waals surface area contributed by atoms with Crippen LogP contribution in [0, 0.1) is 0 Å². The molecule has 0 saturated carbocycles. The molecule has 4 heteroatoms. The maximum Gasteiger partial charge on any atom is 0.0744 e. The van der Waals surface area contributed by atoms with Crippen LogP contribution in [0.2, 0.25) is 0 Å². The third kappa shape index (κ3) is 4.37. The molecular weight excluding hydrogens is 180 g/mol. The molecule has 0 rings (SSSR count). The highest BCUT2D eigenvalue weighted by Crippen LogP contribution is 2.11. The summed E-state index contributed by atoms with van der Waals surface area (Å²) in [6, 6.07) is 0. The van der Waals surface area contributed by atoms with Crippen molar-refractivity contribution in [2.24, 2.45) is 0 Å². The lowest BCUT2D eigenvalue weighted by Gasteiger charge is -2.34. The third-order valence-electron chi connectivity index (χ3n) is 2.67. The van der Waals surface area contributed by atoms with Crippen LogP contribution >= 0.6 is 0 Å². The third-order valence-corrected chi connectivity index (χ3v) is 2.67. The molecule has 0 aliphatic heterocycles. The van der Waals surface area contributed by atoms with Crippen LogP contribution in [0.25, 0.3) is 0 Å². The smallest absolute Gasteiger partial charge is 0.0744 e. The van der Waals surface area contributed by atoms with Crippen LogP contribution in [0.3, 0.4) is 0 Å². The van der Waals surface area contributed by atoms with E-state index in [2.05, 4.69) is 10.2 Å². The second-order valence-electron chi connectivity index (χ2n) is 4.18. The topological polar surface area (TPSA) is 44.7 Å². The first-order valence-corrected chi connectivity index (χ1v) is 4.99. The molecule has 4 nitrogen and oxygen atoms in total. The highest BCUT2D eigenvalue weighted by molar-refractivity contribution is 4.88. The van der Waals surface area contributed by atoms with Crippen molar-refractivity contribution >= 4 is 0 Å². The number of hydrogen-bond donors (Lipinski definition) is 2. The van der Waals surface area contributed by atoms with E-state index in [0.29, 0.717) is 0 Å². The minimum Gasteiger partial charge on any atom is -0.394 e. The van der Waals surface area contributed by atoms with Gasteiger partial charge in [-0.15, -0.1) is 0 Å². The average molecular weight is 204 g/mol. The van der Waals surface area contributed by atoms with Gasteiger partial charge in [0.2, 0.25) is 0 Å². The average Bonchev–Trinajstić information content (AvgIpc) is 2.15. The van der Waals surface area contributed by atoms with Gasteiger partial charge in [0.25, 0.3) is 0 Å². The standard InChI is InChI=1S/C10H24N2O2/c1-9(14-5)10(2,8-13)11-6-7-12(3)4/h9,11,13H,6-8H2,1-5H3. The number of nitrogens with one attached hydrogen (secondary N) is 1. The van der Waals surface area contributed by atoms with E-state index in [0.717, 1.165) is 13.1 Å². The Hall–Kier alpha value is -0.160. The lowest BCUT2D eigenvalue weighted by Crippen LogP contribution is -2.55. The van der Waals surface area contributed by atoms with E-state index in [1.165, 1.54) is 0 Å². The Labute approximate surface area is 87.2 Å². The highest BCUT2D eigenvalue weighted by atomic mass is 16.5. The minimum atomic E-state index is -0.356. The van der Waals surface area contributed by atoms with Gasteiger partial charge in [-0.25, -0.2) is 0 Å². The largest absolute Gasteiger partial charge is 0.394 e. The van der Waals surface area contributed by atoms with Crippen molar-refractivity contribution in [3.8, 4) is 0 Å². The van der Waals surface area contributed by atoms with Gasteiger partial charge in [-0.1, -0.05) is 0 Å². The Bertz CT molecular complexity index is 153. The number of likely N-dealkylation sites (N-methyl/N-ethyl adjacent to an activating group) is 1. The van der Waals surface area contributed by atoms with Gasteiger partial charge >= 0.3 is 0 Å². The zero-order valence-electron chi connectivity index (χ0n) is 10.0. The molecule has 0 aromatic rings. The number of methoxy groups -OCH3 is 1. The van der Waals surface area contributed by atoms with E-state index in [4.69, 9.17) is 4.74 Å². The fourth-order valence-electron chi connectivity index (χ4n) is 1.15. The summed E-state index contributed by atoms with van der Waals surface area (Å²) in [5.41, 5.74) is -0.356. The zero-order chi connectivity index (χ0) is 11.2. The molecule has 0 radical (unpaired) electrons. The van der Waals surface area contributed by atoms with Crippen molar-refractivity contribution in [3.63, 3.8) is 0 Å². The number of nitrogens with zero attached hydrogens (tertiary/aromatic N) is 1. The van der Waals surface area contributed by atoms with Crippen molar-refractivity contribution in [1.29, 1.82) is 0 Å². The highest BCUT2D eigenvalue weighted by Gasteiger charge is 2.29. The van der Waals surface area contributed by atoms with Crippen molar-refractivity contribution in [3.05, 3.63) is 0 Å². The molecule has 0 saturated heterocycles. The fourth-order valence-corrected chi connectivity index (χ4v) is 1.15. The van der Waals surface area contributed by atoms with Crippen LogP contribution in [0.4, 0.5) is 0 Å². The second kappa shape index (κ2) is 6.35. The zero-order valence-corrected chi connectivity index (χ0v) is 10.0. The SMILES string of the molecule is COC(C)C(C)(CO)NCCN(C)C. The number of rotatable bonds is 7. The van der Waals surface area contributed by atoms with Crippen LogP contribution in [-0.2, 0) is 4.74 Å². The summed E-state index contributed by atoms with van der Waals surface area (Å²) in [6.07, 6.45) is -0.00494. The summed E-state index contributed by atoms with van der Waals surface area (Å²) < 4.78 is 5.23. The molecule has 0 amide bonds. The molecule has 0 fully saturated rings. The van der Waals surface area contributed by atoms with Gasteiger partial charge in [0, 0.05) is 20.2 Å². The molecule has 0 bridgehead atoms. The van der Waals surface area contributed by atoms with Gasteiger partial charge in [0.05, 0.1) is 18.2 Å².